The van der Waals surface area contributed by atoms with Crippen molar-refractivity contribution in [3.63, 3.8) is 0 Å². The minimum Gasteiger partial charge on any atom is -0.341 e. The fourth-order valence-corrected chi connectivity index (χ4v) is 2.57. The van der Waals surface area contributed by atoms with E-state index in [4.69, 9.17) is 0 Å². The Bertz CT molecular complexity index is 511. The van der Waals surface area contributed by atoms with Crippen LogP contribution in [0.3, 0.4) is 0 Å². The number of likely N-dealkylation sites (N-methyl/N-ethyl adjacent to an activating group) is 1. The maximum atomic E-state index is 12.9. The predicted octanol–water partition coefficient (Wildman–Crippen LogP) is 2.09. The SMILES string of the molecule is CCN(CC(=O)N1CCCCCC1)C(=O)c1ccc(F)cn1. The van der Waals surface area contributed by atoms with Gasteiger partial charge in [-0.15, -0.1) is 0 Å². The summed E-state index contributed by atoms with van der Waals surface area (Å²) in [6.45, 7) is 3.81. The third-order valence-electron chi connectivity index (χ3n) is 3.90. The lowest BCUT2D eigenvalue weighted by Crippen LogP contribution is -2.43. The van der Waals surface area contributed by atoms with Gasteiger partial charge in [-0.05, 0) is 31.9 Å². The molecule has 6 heteroatoms. The normalized spacial score (nSPS) is 15.3. The number of nitrogens with zero attached hydrogens (tertiary/aromatic N) is 3. The van der Waals surface area contributed by atoms with Crippen molar-refractivity contribution in [3.05, 3.63) is 29.8 Å². The monoisotopic (exact) mass is 307 g/mol. The fourth-order valence-electron chi connectivity index (χ4n) is 2.57. The zero-order valence-electron chi connectivity index (χ0n) is 12.9. The van der Waals surface area contributed by atoms with E-state index in [1.54, 1.807) is 0 Å². The molecule has 1 aromatic heterocycles. The largest absolute Gasteiger partial charge is 0.341 e. The van der Waals surface area contributed by atoms with Crippen LogP contribution in [0.25, 0.3) is 0 Å². The highest BCUT2D eigenvalue weighted by Crippen LogP contribution is 2.11. The van der Waals surface area contributed by atoms with Gasteiger partial charge in [0.05, 0.1) is 6.20 Å². The number of hydrogen-bond donors (Lipinski definition) is 0. The second-order valence-electron chi connectivity index (χ2n) is 5.48. The number of hydrogen-bond acceptors (Lipinski definition) is 3. The summed E-state index contributed by atoms with van der Waals surface area (Å²) in [4.78, 5) is 31.8. The highest BCUT2D eigenvalue weighted by atomic mass is 19.1. The highest BCUT2D eigenvalue weighted by molar-refractivity contribution is 5.94. The number of rotatable bonds is 4. The molecule has 0 radical (unpaired) electrons. The van der Waals surface area contributed by atoms with Crippen molar-refractivity contribution in [2.24, 2.45) is 0 Å². The topological polar surface area (TPSA) is 53.5 Å². The quantitative estimate of drug-likeness (QED) is 0.856. The van der Waals surface area contributed by atoms with E-state index in [-0.39, 0.29) is 24.1 Å². The average Bonchev–Trinajstić information content (AvgIpc) is 2.81. The van der Waals surface area contributed by atoms with Crippen LogP contribution in [-0.2, 0) is 4.79 Å². The van der Waals surface area contributed by atoms with Crippen LogP contribution in [0.15, 0.2) is 18.3 Å². The van der Waals surface area contributed by atoms with Gasteiger partial charge in [-0.25, -0.2) is 9.37 Å². The molecule has 22 heavy (non-hydrogen) atoms. The molecule has 0 N–H and O–H groups in total. The predicted molar refractivity (Wildman–Crippen MR) is 80.8 cm³/mol. The highest BCUT2D eigenvalue weighted by Gasteiger charge is 2.22. The van der Waals surface area contributed by atoms with Gasteiger partial charge in [-0.2, -0.15) is 0 Å². The summed E-state index contributed by atoms with van der Waals surface area (Å²) < 4.78 is 12.9. The van der Waals surface area contributed by atoms with Gasteiger partial charge >= 0.3 is 0 Å². The molecule has 1 aliphatic heterocycles. The summed E-state index contributed by atoms with van der Waals surface area (Å²) in [5, 5.41) is 0. The van der Waals surface area contributed by atoms with Crippen LogP contribution in [0.1, 0.15) is 43.1 Å². The molecule has 0 unspecified atom stereocenters. The smallest absolute Gasteiger partial charge is 0.272 e. The Morgan fingerprint density at radius 2 is 1.91 bits per heavy atom. The second-order valence-corrected chi connectivity index (χ2v) is 5.48. The fraction of sp³-hybridized carbons (Fsp3) is 0.562. The third-order valence-corrected chi connectivity index (χ3v) is 3.90. The molecular formula is C16H22FN3O2. The molecule has 0 aromatic carbocycles. The average molecular weight is 307 g/mol. The van der Waals surface area contributed by atoms with Gasteiger partial charge in [-0.1, -0.05) is 12.8 Å². The van der Waals surface area contributed by atoms with Crippen LogP contribution in [0.2, 0.25) is 0 Å². The van der Waals surface area contributed by atoms with Crippen LogP contribution < -0.4 is 0 Å². The number of carbonyl (C=O) groups excluding carboxylic acids is 2. The van der Waals surface area contributed by atoms with Crippen molar-refractivity contribution in [1.82, 2.24) is 14.8 Å². The Balaban J connectivity index is 1.99. The molecule has 0 aliphatic carbocycles. The summed E-state index contributed by atoms with van der Waals surface area (Å²) in [5.74, 6) is -0.856. The molecule has 1 aromatic rings. The van der Waals surface area contributed by atoms with E-state index in [1.807, 2.05) is 11.8 Å². The molecule has 2 rings (SSSR count). The first kappa shape index (κ1) is 16.4. The minimum atomic E-state index is -0.486. The summed E-state index contributed by atoms with van der Waals surface area (Å²) in [6.07, 6.45) is 5.35. The van der Waals surface area contributed by atoms with Gasteiger partial charge in [0.1, 0.15) is 18.1 Å². The van der Waals surface area contributed by atoms with E-state index in [1.165, 1.54) is 17.0 Å². The number of halogens is 1. The molecule has 2 amide bonds. The van der Waals surface area contributed by atoms with Crippen molar-refractivity contribution in [1.29, 1.82) is 0 Å². The van der Waals surface area contributed by atoms with Crippen LogP contribution >= 0.6 is 0 Å². The molecule has 0 spiro atoms. The number of amides is 2. The Hall–Kier alpha value is -1.98. The first-order valence-electron chi connectivity index (χ1n) is 7.80. The van der Waals surface area contributed by atoms with Crippen LogP contribution in [0.5, 0.6) is 0 Å². The molecular weight excluding hydrogens is 285 g/mol. The molecule has 0 atom stereocenters. The van der Waals surface area contributed by atoms with Crippen molar-refractivity contribution < 1.29 is 14.0 Å². The van der Waals surface area contributed by atoms with Crippen molar-refractivity contribution >= 4 is 11.8 Å². The maximum absolute atomic E-state index is 12.9. The van der Waals surface area contributed by atoms with E-state index in [9.17, 15) is 14.0 Å². The summed E-state index contributed by atoms with van der Waals surface area (Å²) >= 11 is 0. The minimum absolute atomic E-state index is 0.0285. The van der Waals surface area contributed by atoms with E-state index < -0.39 is 5.82 Å². The first-order chi connectivity index (χ1) is 10.6. The molecule has 1 fully saturated rings. The third kappa shape index (κ3) is 4.26. The number of aromatic nitrogens is 1. The summed E-state index contributed by atoms with van der Waals surface area (Å²) in [7, 11) is 0. The van der Waals surface area contributed by atoms with Crippen LogP contribution in [-0.4, -0.2) is 52.8 Å². The van der Waals surface area contributed by atoms with Crippen LogP contribution in [0, 0.1) is 5.82 Å². The lowest BCUT2D eigenvalue weighted by molar-refractivity contribution is -0.131. The van der Waals surface area contributed by atoms with Crippen molar-refractivity contribution in [3.8, 4) is 0 Å². The van der Waals surface area contributed by atoms with E-state index in [0.717, 1.165) is 45.0 Å². The molecule has 1 aliphatic rings. The maximum Gasteiger partial charge on any atom is 0.272 e. The molecule has 2 heterocycles. The zero-order valence-corrected chi connectivity index (χ0v) is 12.9. The Morgan fingerprint density at radius 3 is 2.45 bits per heavy atom. The lowest BCUT2D eigenvalue weighted by atomic mass is 10.2. The van der Waals surface area contributed by atoms with Gasteiger partial charge in [0, 0.05) is 19.6 Å². The number of carbonyl (C=O) groups is 2. The van der Waals surface area contributed by atoms with Gasteiger partial charge in [0.2, 0.25) is 5.91 Å². The molecule has 1 saturated heterocycles. The van der Waals surface area contributed by atoms with Crippen molar-refractivity contribution in [2.75, 3.05) is 26.2 Å². The first-order valence-corrected chi connectivity index (χ1v) is 7.80. The number of pyridine rings is 1. The summed E-state index contributed by atoms with van der Waals surface area (Å²) in [6, 6.07) is 2.54. The number of likely N-dealkylation sites (tertiary alicyclic amines) is 1. The Morgan fingerprint density at radius 1 is 1.23 bits per heavy atom. The summed E-state index contributed by atoms with van der Waals surface area (Å²) in [5.41, 5.74) is 0.159. The van der Waals surface area contributed by atoms with Gasteiger partial charge in [-0.3, -0.25) is 9.59 Å². The van der Waals surface area contributed by atoms with Crippen molar-refractivity contribution in [2.45, 2.75) is 32.6 Å². The lowest BCUT2D eigenvalue weighted by Gasteiger charge is -2.25. The standard InChI is InChI=1S/C16H22FN3O2/c1-2-19(16(22)14-8-7-13(17)11-18-14)12-15(21)20-9-5-3-4-6-10-20/h7-8,11H,2-6,9-10,12H2,1H3. The Labute approximate surface area is 130 Å². The zero-order chi connectivity index (χ0) is 15.9. The van der Waals surface area contributed by atoms with E-state index in [0.29, 0.717) is 6.54 Å². The Kier molecular flexibility index (Phi) is 5.86. The van der Waals surface area contributed by atoms with E-state index in [2.05, 4.69) is 4.98 Å². The molecule has 120 valence electrons. The van der Waals surface area contributed by atoms with Gasteiger partial charge in [0.25, 0.3) is 5.91 Å². The second kappa shape index (κ2) is 7.87. The van der Waals surface area contributed by atoms with Gasteiger partial charge < -0.3 is 9.80 Å². The van der Waals surface area contributed by atoms with E-state index >= 15 is 0 Å². The molecule has 0 bridgehead atoms. The van der Waals surface area contributed by atoms with Crippen LogP contribution in [0.4, 0.5) is 4.39 Å². The molecule has 0 saturated carbocycles. The van der Waals surface area contributed by atoms with Gasteiger partial charge in [0.15, 0.2) is 0 Å². The molecule has 5 nitrogen and oxygen atoms in total.